The summed E-state index contributed by atoms with van der Waals surface area (Å²) in [4.78, 5) is 1.75. The summed E-state index contributed by atoms with van der Waals surface area (Å²) >= 11 is 3.06. The highest BCUT2D eigenvalue weighted by molar-refractivity contribution is 9.10. The van der Waals surface area contributed by atoms with Crippen LogP contribution < -0.4 is 10.6 Å². The van der Waals surface area contributed by atoms with Crippen molar-refractivity contribution in [2.24, 2.45) is 0 Å². The number of halogens is 2. The average molecular weight is 337 g/mol. The number of nitrogens with two attached hydrogens (primary N) is 1. The van der Waals surface area contributed by atoms with Crippen LogP contribution in [0.15, 0.2) is 16.6 Å². The summed E-state index contributed by atoms with van der Waals surface area (Å²) in [7, 11) is -1.22. The predicted molar refractivity (Wildman–Crippen MR) is 74.0 cm³/mol. The molecule has 18 heavy (non-hydrogen) atoms. The van der Waals surface area contributed by atoms with E-state index in [1.165, 1.54) is 12.1 Å². The van der Waals surface area contributed by atoms with Gasteiger partial charge in [0.2, 0.25) is 0 Å². The number of benzene rings is 1. The zero-order valence-electron chi connectivity index (χ0n) is 9.86. The van der Waals surface area contributed by atoms with Crippen molar-refractivity contribution < 1.29 is 12.8 Å². The van der Waals surface area contributed by atoms with Crippen LogP contribution in [0.2, 0.25) is 0 Å². The Morgan fingerprint density at radius 2 is 2.17 bits per heavy atom. The van der Waals surface area contributed by atoms with Crippen molar-refractivity contribution in [3.8, 4) is 0 Å². The van der Waals surface area contributed by atoms with Crippen molar-refractivity contribution in [3.05, 3.63) is 22.4 Å². The van der Waals surface area contributed by atoms with E-state index in [0.717, 1.165) is 0 Å². The van der Waals surface area contributed by atoms with Gasteiger partial charge in [0.25, 0.3) is 0 Å². The molecule has 0 spiro atoms. The van der Waals surface area contributed by atoms with Gasteiger partial charge >= 0.3 is 0 Å². The van der Waals surface area contributed by atoms with Gasteiger partial charge in [0.1, 0.15) is 5.82 Å². The molecule has 100 valence electrons. The number of anilines is 2. The van der Waals surface area contributed by atoms with Gasteiger partial charge in [-0.3, -0.25) is 0 Å². The molecule has 1 unspecified atom stereocenters. The third kappa shape index (κ3) is 2.61. The highest BCUT2D eigenvalue weighted by Gasteiger charge is 2.31. The molecule has 0 radical (unpaired) electrons. The van der Waals surface area contributed by atoms with Gasteiger partial charge in [0, 0.05) is 19.2 Å². The van der Waals surface area contributed by atoms with E-state index in [0.29, 0.717) is 22.3 Å². The minimum atomic E-state index is -2.97. The lowest BCUT2D eigenvalue weighted by atomic mass is 10.2. The molecule has 1 aliphatic rings. The fourth-order valence-electron chi connectivity index (χ4n) is 2.13. The highest BCUT2D eigenvalue weighted by atomic mass is 79.9. The smallest absolute Gasteiger partial charge is 0.152 e. The molecule has 1 heterocycles. The van der Waals surface area contributed by atoms with E-state index in [-0.39, 0.29) is 17.5 Å². The predicted octanol–water partition coefficient (Wildman–Crippen LogP) is 1.79. The summed E-state index contributed by atoms with van der Waals surface area (Å²) in [5.41, 5.74) is 6.79. The molecule has 1 aliphatic heterocycles. The Kier molecular flexibility index (Phi) is 3.55. The van der Waals surface area contributed by atoms with E-state index < -0.39 is 15.7 Å². The molecule has 7 heteroatoms. The maximum absolute atomic E-state index is 13.5. The fraction of sp³-hybridized carbons (Fsp3) is 0.455. The Hall–Kier alpha value is -0.820. The zero-order chi connectivity index (χ0) is 13.5. The minimum absolute atomic E-state index is 0.0978. The quantitative estimate of drug-likeness (QED) is 0.836. The van der Waals surface area contributed by atoms with Gasteiger partial charge in [-0.05, 0) is 28.4 Å². The Morgan fingerprint density at radius 1 is 1.50 bits per heavy atom. The van der Waals surface area contributed by atoms with Crippen LogP contribution in [0.3, 0.4) is 0 Å². The first-order valence-corrected chi connectivity index (χ1v) is 8.09. The molecule has 1 atom stereocenters. The summed E-state index contributed by atoms with van der Waals surface area (Å²) in [6.45, 7) is 0. The molecular formula is C11H14BrFN2O2S. The molecule has 1 saturated heterocycles. The van der Waals surface area contributed by atoms with Crippen LogP contribution in [-0.2, 0) is 9.84 Å². The lowest BCUT2D eigenvalue weighted by molar-refractivity contribution is 0.600. The van der Waals surface area contributed by atoms with E-state index in [1.807, 2.05) is 0 Å². The number of sulfone groups is 1. The van der Waals surface area contributed by atoms with E-state index in [1.54, 1.807) is 11.9 Å². The number of nitrogen functional groups attached to an aromatic ring is 1. The molecule has 2 rings (SSSR count). The second-order valence-electron chi connectivity index (χ2n) is 4.49. The van der Waals surface area contributed by atoms with E-state index >= 15 is 0 Å². The molecule has 0 aliphatic carbocycles. The molecule has 1 aromatic rings. The van der Waals surface area contributed by atoms with Crippen LogP contribution in [0, 0.1) is 5.82 Å². The van der Waals surface area contributed by atoms with Crippen molar-refractivity contribution in [1.29, 1.82) is 0 Å². The van der Waals surface area contributed by atoms with Gasteiger partial charge in [-0.25, -0.2) is 12.8 Å². The first kappa shape index (κ1) is 13.6. The second kappa shape index (κ2) is 4.70. The zero-order valence-corrected chi connectivity index (χ0v) is 12.3. The van der Waals surface area contributed by atoms with Crippen molar-refractivity contribution in [2.75, 3.05) is 29.2 Å². The lowest BCUT2D eigenvalue weighted by Gasteiger charge is -2.27. The molecule has 0 saturated carbocycles. The SMILES string of the molecule is CN(c1cc(F)c(Br)cc1N)C1CCS(=O)(=O)C1. The Bertz CT molecular complexity index is 577. The molecular weight excluding hydrogens is 323 g/mol. The summed E-state index contributed by atoms with van der Waals surface area (Å²) in [6, 6.07) is 2.67. The van der Waals surface area contributed by atoms with Crippen molar-refractivity contribution >= 4 is 37.1 Å². The van der Waals surface area contributed by atoms with Gasteiger partial charge < -0.3 is 10.6 Å². The monoisotopic (exact) mass is 336 g/mol. The number of rotatable bonds is 2. The van der Waals surface area contributed by atoms with Crippen LogP contribution in [0.5, 0.6) is 0 Å². The number of hydrogen-bond acceptors (Lipinski definition) is 4. The molecule has 4 nitrogen and oxygen atoms in total. The topological polar surface area (TPSA) is 63.4 Å². The fourth-order valence-corrected chi connectivity index (χ4v) is 4.27. The van der Waals surface area contributed by atoms with E-state index in [9.17, 15) is 12.8 Å². The molecule has 0 amide bonds. The van der Waals surface area contributed by atoms with Gasteiger partial charge in [-0.1, -0.05) is 0 Å². The normalized spacial score (nSPS) is 22.1. The maximum atomic E-state index is 13.5. The first-order valence-electron chi connectivity index (χ1n) is 5.48. The summed E-state index contributed by atoms with van der Waals surface area (Å²) < 4.78 is 36.7. The Balaban J connectivity index is 2.30. The van der Waals surface area contributed by atoms with E-state index in [4.69, 9.17) is 5.73 Å². The van der Waals surface area contributed by atoms with Crippen molar-refractivity contribution in [3.63, 3.8) is 0 Å². The van der Waals surface area contributed by atoms with Gasteiger partial charge in [0.05, 0.1) is 27.4 Å². The van der Waals surface area contributed by atoms with Crippen molar-refractivity contribution in [1.82, 2.24) is 0 Å². The van der Waals surface area contributed by atoms with Crippen molar-refractivity contribution in [2.45, 2.75) is 12.5 Å². The summed E-state index contributed by atoms with van der Waals surface area (Å²) in [5, 5.41) is 0. The molecule has 1 aromatic carbocycles. The third-order valence-electron chi connectivity index (χ3n) is 3.21. The van der Waals surface area contributed by atoms with Crippen LogP contribution in [0.25, 0.3) is 0 Å². The largest absolute Gasteiger partial charge is 0.397 e. The van der Waals surface area contributed by atoms with Crippen LogP contribution in [0.4, 0.5) is 15.8 Å². The summed E-state index contributed by atoms with van der Waals surface area (Å²) in [5.74, 6) is -0.131. The number of hydrogen-bond donors (Lipinski definition) is 1. The summed E-state index contributed by atoms with van der Waals surface area (Å²) in [6.07, 6.45) is 0.552. The van der Waals surface area contributed by atoms with Gasteiger partial charge in [0.15, 0.2) is 9.84 Å². The van der Waals surface area contributed by atoms with Crippen LogP contribution in [-0.4, -0.2) is 33.0 Å². The lowest BCUT2D eigenvalue weighted by Crippen LogP contribution is -2.33. The van der Waals surface area contributed by atoms with Gasteiger partial charge in [-0.15, -0.1) is 0 Å². The molecule has 0 bridgehead atoms. The maximum Gasteiger partial charge on any atom is 0.152 e. The second-order valence-corrected chi connectivity index (χ2v) is 7.58. The standard InChI is InChI=1S/C11H14BrFN2O2S/c1-15(7-2-3-18(16,17)6-7)11-5-9(13)8(12)4-10(11)14/h4-5,7H,2-3,6,14H2,1H3. The molecule has 1 fully saturated rings. The molecule has 0 aromatic heterocycles. The number of nitrogens with zero attached hydrogens (tertiary/aromatic N) is 1. The van der Waals surface area contributed by atoms with Crippen LogP contribution in [0.1, 0.15) is 6.42 Å². The minimum Gasteiger partial charge on any atom is -0.397 e. The highest BCUT2D eigenvalue weighted by Crippen LogP contribution is 2.31. The third-order valence-corrected chi connectivity index (χ3v) is 5.56. The first-order chi connectivity index (χ1) is 8.30. The molecule has 2 N–H and O–H groups in total. The van der Waals surface area contributed by atoms with E-state index in [2.05, 4.69) is 15.9 Å². The average Bonchev–Trinajstić information content (AvgIpc) is 2.63. The van der Waals surface area contributed by atoms with Crippen LogP contribution >= 0.6 is 15.9 Å². The van der Waals surface area contributed by atoms with Gasteiger partial charge in [-0.2, -0.15) is 0 Å². The Morgan fingerprint density at radius 3 is 2.72 bits per heavy atom. The Labute approximate surface area is 114 Å².